The third-order valence-corrected chi connectivity index (χ3v) is 3.79. The van der Waals surface area contributed by atoms with E-state index in [1.165, 1.54) is 5.56 Å². The number of hydrogen-bond donors (Lipinski definition) is 1. The second-order valence-electron chi connectivity index (χ2n) is 5.53. The molecule has 0 saturated heterocycles. The molecule has 2 heterocycles. The molecular formula is C18H16N4O. The number of rotatable bonds is 3. The Balaban J connectivity index is 1.66. The van der Waals surface area contributed by atoms with Gasteiger partial charge in [0.15, 0.2) is 0 Å². The van der Waals surface area contributed by atoms with Crippen LogP contribution in [0.4, 0.5) is 0 Å². The molecule has 0 amide bonds. The zero-order valence-corrected chi connectivity index (χ0v) is 12.8. The van der Waals surface area contributed by atoms with Crippen molar-refractivity contribution in [3.8, 4) is 22.8 Å². The minimum absolute atomic E-state index is 0.529. The summed E-state index contributed by atoms with van der Waals surface area (Å²) in [5.74, 6) is 2.04. The second-order valence-corrected chi connectivity index (χ2v) is 5.53. The van der Waals surface area contributed by atoms with Crippen molar-refractivity contribution in [2.75, 3.05) is 13.1 Å². The van der Waals surface area contributed by atoms with E-state index in [4.69, 9.17) is 4.52 Å². The summed E-state index contributed by atoms with van der Waals surface area (Å²) < 4.78 is 5.40. The maximum absolute atomic E-state index is 5.40. The summed E-state index contributed by atoms with van der Waals surface area (Å²) in [4.78, 5) is 8.95. The zero-order chi connectivity index (χ0) is 15.6. The van der Waals surface area contributed by atoms with E-state index < -0.39 is 0 Å². The third-order valence-electron chi connectivity index (χ3n) is 3.79. The summed E-state index contributed by atoms with van der Waals surface area (Å²) in [6, 6.07) is 16.0. The van der Waals surface area contributed by atoms with Gasteiger partial charge in [0, 0.05) is 23.2 Å². The SMILES string of the molecule is Cc1ccc(-c2nc(-c3cccc(C4=NCCN4)c3)no2)cc1. The predicted molar refractivity (Wildman–Crippen MR) is 89.3 cm³/mol. The number of hydrogen-bond acceptors (Lipinski definition) is 5. The van der Waals surface area contributed by atoms with Gasteiger partial charge in [0.05, 0.1) is 6.54 Å². The van der Waals surface area contributed by atoms with E-state index in [0.717, 1.165) is 35.6 Å². The molecule has 1 aliphatic rings. The van der Waals surface area contributed by atoms with Crippen LogP contribution in [0, 0.1) is 6.92 Å². The molecule has 23 heavy (non-hydrogen) atoms. The second kappa shape index (κ2) is 5.68. The van der Waals surface area contributed by atoms with Gasteiger partial charge >= 0.3 is 0 Å². The first kappa shape index (κ1) is 13.7. The molecule has 0 spiro atoms. The van der Waals surface area contributed by atoms with E-state index in [1.807, 2.05) is 55.5 Å². The van der Waals surface area contributed by atoms with Gasteiger partial charge in [0.25, 0.3) is 5.89 Å². The lowest BCUT2D eigenvalue weighted by atomic mass is 10.1. The number of aryl methyl sites for hydroxylation is 1. The van der Waals surface area contributed by atoms with E-state index >= 15 is 0 Å². The lowest BCUT2D eigenvalue weighted by Crippen LogP contribution is -2.19. The summed E-state index contributed by atoms with van der Waals surface area (Å²) in [7, 11) is 0. The van der Waals surface area contributed by atoms with E-state index in [0.29, 0.717) is 11.7 Å². The van der Waals surface area contributed by atoms with E-state index in [1.54, 1.807) is 0 Å². The van der Waals surface area contributed by atoms with Crippen molar-refractivity contribution in [3.63, 3.8) is 0 Å². The molecule has 1 aliphatic heterocycles. The Hall–Kier alpha value is -2.95. The van der Waals surface area contributed by atoms with Crippen LogP contribution in [0.5, 0.6) is 0 Å². The standard InChI is InChI=1S/C18H16N4O/c1-12-5-7-13(8-6-12)18-21-17(22-23-18)15-4-2-3-14(11-15)16-19-9-10-20-16/h2-8,11H,9-10H2,1H3,(H,19,20). The first-order valence-corrected chi connectivity index (χ1v) is 7.59. The maximum Gasteiger partial charge on any atom is 0.258 e. The molecule has 0 radical (unpaired) electrons. The van der Waals surface area contributed by atoms with Crippen LogP contribution in [0.2, 0.25) is 0 Å². The van der Waals surface area contributed by atoms with Gasteiger partial charge in [0.1, 0.15) is 5.84 Å². The van der Waals surface area contributed by atoms with Crippen LogP contribution in [-0.4, -0.2) is 29.1 Å². The summed E-state index contributed by atoms with van der Waals surface area (Å²) in [6.07, 6.45) is 0. The molecule has 0 bridgehead atoms. The van der Waals surface area contributed by atoms with Crippen molar-refractivity contribution in [2.45, 2.75) is 6.92 Å². The van der Waals surface area contributed by atoms with Crippen LogP contribution in [0.1, 0.15) is 11.1 Å². The topological polar surface area (TPSA) is 63.3 Å². The Kier molecular flexibility index (Phi) is 3.38. The van der Waals surface area contributed by atoms with Crippen LogP contribution < -0.4 is 5.32 Å². The first-order valence-electron chi connectivity index (χ1n) is 7.59. The molecular weight excluding hydrogens is 288 g/mol. The van der Waals surface area contributed by atoms with Crippen LogP contribution >= 0.6 is 0 Å². The first-order chi connectivity index (χ1) is 11.3. The largest absolute Gasteiger partial charge is 0.368 e. The van der Waals surface area contributed by atoms with Crippen molar-refractivity contribution in [1.82, 2.24) is 15.5 Å². The number of benzene rings is 2. The van der Waals surface area contributed by atoms with E-state index in [2.05, 4.69) is 20.4 Å². The van der Waals surface area contributed by atoms with Gasteiger partial charge in [-0.05, 0) is 25.1 Å². The van der Waals surface area contributed by atoms with Crippen LogP contribution in [0.15, 0.2) is 58.0 Å². The highest BCUT2D eigenvalue weighted by Crippen LogP contribution is 2.23. The summed E-state index contributed by atoms with van der Waals surface area (Å²) >= 11 is 0. The highest BCUT2D eigenvalue weighted by Gasteiger charge is 2.13. The van der Waals surface area contributed by atoms with Crippen LogP contribution in [-0.2, 0) is 0 Å². The molecule has 1 aromatic heterocycles. The Morgan fingerprint density at radius 1 is 1.00 bits per heavy atom. The van der Waals surface area contributed by atoms with Crippen molar-refractivity contribution >= 4 is 5.84 Å². The lowest BCUT2D eigenvalue weighted by Gasteiger charge is -2.03. The van der Waals surface area contributed by atoms with Crippen molar-refractivity contribution in [3.05, 3.63) is 59.7 Å². The average Bonchev–Trinajstić information content (AvgIpc) is 3.28. The van der Waals surface area contributed by atoms with Crippen molar-refractivity contribution in [2.24, 2.45) is 4.99 Å². The smallest absolute Gasteiger partial charge is 0.258 e. The summed E-state index contributed by atoms with van der Waals surface area (Å²) in [5, 5.41) is 7.38. The molecule has 0 unspecified atom stereocenters. The van der Waals surface area contributed by atoms with Crippen LogP contribution in [0.3, 0.4) is 0 Å². The monoisotopic (exact) mass is 304 g/mol. The molecule has 0 aliphatic carbocycles. The Morgan fingerprint density at radius 2 is 1.83 bits per heavy atom. The van der Waals surface area contributed by atoms with Crippen molar-refractivity contribution < 1.29 is 4.52 Å². The number of amidine groups is 1. The van der Waals surface area contributed by atoms with Gasteiger partial charge < -0.3 is 9.84 Å². The number of aliphatic imine (C=N–C) groups is 1. The molecule has 0 saturated carbocycles. The van der Waals surface area contributed by atoms with Crippen molar-refractivity contribution in [1.29, 1.82) is 0 Å². The molecule has 1 N–H and O–H groups in total. The molecule has 0 atom stereocenters. The van der Waals surface area contributed by atoms with Gasteiger partial charge in [-0.25, -0.2) is 0 Å². The molecule has 114 valence electrons. The van der Waals surface area contributed by atoms with Crippen LogP contribution in [0.25, 0.3) is 22.8 Å². The quantitative estimate of drug-likeness (QED) is 0.807. The van der Waals surface area contributed by atoms with Gasteiger partial charge in [-0.15, -0.1) is 0 Å². The third kappa shape index (κ3) is 2.73. The fourth-order valence-electron chi connectivity index (χ4n) is 2.55. The number of aromatic nitrogens is 2. The van der Waals surface area contributed by atoms with Gasteiger partial charge in [-0.2, -0.15) is 4.98 Å². The molecule has 2 aromatic carbocycles. The minimum Gasteiger partial charge on any atom is -0.368 e. The fourth-order valence-corrected chi connectivity index (χ4v) is 2.55. The number of nitrogens with zero attached hydrogens (tertiary/aromatic N) is 3. The normalized spacial score (nSPS) is 13.7. The predicted octanol–water partition coefficient (Wildman–Crippen LogP) is 3.06. The Labute approximate surface area is 134 Å². The average molecular weight is 304 g/mol. The lowest BCUT2D eigenvalue weighted by molar-refractivity contribution is 0.432. The highest BCUT2D eigenvalue weighted by atomic mass is 16.5. The van der Waals surface area contributed by atoms with Gasteiger partial charge in [-0.1, -0.05) is 41.1 Å². The van der Waals surface area contributed by atoms with Gasteiger partial charge in [-0.3, -0.25) is 4.99 Å². The van der Waals surface area contributed by atoms with E-state index in [9.17, 15) is 0 Å². The Bertz CT molecular complexity index is 865. The minimum atomic E-state index is 0.529. The fraction of sp³-hybridized carbons (Fsp3) is 0.167. The maximum atomic E-state index is 5.40. The zero-order valence-electron chi connectivity index (χ0n) is 12.8. The summed E-state index contributed by atoms with van der Waals surface area (Å²) in [6.45, 7) is 3.76. The Morgan fingerprint density at radius 3 is 2.61 bits per heavy atom. The summed E-state index contributed by atoms with van der Waals surface area (Å²) in [5.41, 5.74) is 4.08. The van der Waals surface area contributed by atoms with E-state index in [-0.39, 0.29) is 0 Å². The molecule has 5 nitrogen and oxygen atoms in total. The van der Waals surface area contributed by atoms with Gasteiger partial charge in [0.2, 0.25) is 5.82 Å². The highest BCUT2D eigenvalue weighted by molar-refractivity contribution is 6.00. The molecule has 3 aromatic rings. The molecule has 0 fully saturated rings. The number of nitrogens with one attached hydrogen (secondary N) is 1. The molecule has 5 heteroatoms. The molecule has 4 rings (SSSR count).